The van der Waals surface area contributed by atoms with Crippen LogP contribution >= 0.6 is 0 Å². The van der Waals surface area contributed by atoms with Gasteiger partial charge in [-0.2, -0.15) is 0 Å². The van der Waals surface area contributed by atoms with Crippen molar-refractivity contribution in [2.45, 2.75) is 38.1 Å². The highest BCUT2D eigenvalue weighted by Crippen LogP contribution is 2.30. The van der Waals surface area contributed by atoms with E-state index in [2.05, 4.69) is 12.1 Å². The van der Waals surface area contributed by atoms with Crippen molar-refractivity contribution in [2.75, 3.05) is 20.7 Å². The van der Waals surface area contributed by atoms with E-state index in [1.54, 1.807) is 19.0 Å². The molecule has 1 amide bonds. The molecule has 110 valence electrons. The molecular weight excluding hydrogens is 252 g/mol. The summed E-state index contributed by atoms with van der Waals surface area (Å²) < 4.78 is 5.72. The number of rotatable bonds is 5. The molecule has 0 fully saturated rings. The van der Waals surface area contributed by atoms with Gasteiger partial charge < -0.3 is 15.4 Å². The largest absolute Gasteiger partial charge is 0.494 e. The second-order valence-corrected chi connectivity index (χ2v) is 5.60. The molecule has 1 aliphatic rings. The Labute approximate surface area is 120 Å². The van der Waals surface area contributed by atoms with Crippen LogP contribution in [0.15, 0.2) is 18.2 Å². The van der Waals surface area contributed by atoms with Crippen molar-refractivity contribution in [1.29, 1.82) is 0 Å². The van der Waals surface area contributed by atoms with Crippen LogP contribution in [0.3, 0.4) is 0 Å². The quantitative estimate of drug-likeness (QED) is 0.839. The van der Waals surface area contributed by atoms with Crippen molar-refractivity contribution in [1.82, 2.24) is 4.90 Å². The zero-order valence-corrected chi connectivity index (χ0v) is 12.4. The zero-order valence-electron chi connectivity index (χ0n) is 12.4. The molecule has 0 bridgehead atoms. The van der Waals surface area contributed by atoms with Gasteiger partial charge in [-0.05, 0) is 48.9 Å². The van der Waals surface area contributed by atoms with Crippen LogP contribution in [0.5, 0.6) is 5.75 Å². The number of ether oxygens (including phenoxy) is 1. The van der Waals surface area contributed by atoms with Gasteiger partial charge in [0, 0.05) is 26.6 Å². The van der Waals surface area contributed by atoms with Crippen molar-refractivity contribution < 1.29 is 9.53 Å². The van der Waals surface area contributed by atoms with Gasteiger partial charge in [0.1, 0.15) is 5.75 Å². The number of nitrogens with two attached hydrogens (primary N) is 1. The fraction of sp³-hybridized carbons (Fsp3) is 0.562. The van der Waals surface area contributed by atoms with Crippen LogP contribution in [-0.4, -0.2) is 31.5 Å². The summed E-state index contributed by atoms with van der Waals surface area (Å²) in [5.41, 5.74) is 8.70. The summed E-state index contributed by atoms with van der Waals surface area (Å²) in [5, 5.41) is 0. The van der Waals surface area contributed by atoms with E-state index in [1.807, 2.05) is 6.07 Å². The number of fused-ring (bicyclic) bond motifs is 1. The second-order valence-electron chi connectivity index (χ2n) is 5.60. The number of carbonyl (C=O) groups is 1. The first-order valence-corrected chi connectivity index (χ1v) is 7.29. The minimum absolute atomic E-state index is 0.137. The van der Waals surface area contributed by atoms with Crippen LogP contribution in [0.1, 0.15) is 42.9 Å². The smallest absolute Gasteiger partial charge is 0.222 e. The van der Waals surface area contributed by atoms with Gasteiger partial charge in [-0.1, -0.05) is 6.07 Å². The van der Waals surface area contributed by atoms with Gasteiger partial charge in [-0.3, -0.25) is 4.79 Å². The third kappa shape index (κ3) is 3.73. The highest BCUT2D eigenvalue weighted by atomic mass is 16.5. The van der Waals surface area contributed by atoms with Gasteiger partial charge in [0.2, 0.25) is 5.91 Å². The minimum Gasteiger partial charge on any atom is -0.494 e. The van der Waals surface area contributed by atoms with Crippen LogP contribution < -0.4 is 10.5 Å². The molecule has 0 saturated carbocycles. The van der Waals surface area contributed by atoms with Crippen LogP contribution in [0.25, 0.3) is 0 Å². The maximum Gasteiger partial charge on any atom is 0.222 e. The molecule has 2 rings (SSSR count). The fourth-order valence-electron chi connectivity index (χ4n) is 2.54. The van der Waals surface area contributed by atoms with Gasteiger partial charge in [0.25, 0.3) is 0 Å². The average Bonchev–Trinajstić information content (AvgIpc) is 2.44. The van der Waals surface area contributed by atoms with Crippen LogP contribution in [0.4, 0.5) is 0 Å². The van der Waals surface area contributed by atoms with Crippen molar-refractivity contribution in [3.05, 3.63) is 29.3 Å². The van der Waals surface area contributed by atoms with Crippen molar-refractivity contribution >= 4 is 5.91 Å². The minimum atomic E-state index is 0.137. The van der Waals surface area contributed by atoms with Gasteiger partial charge in [-0.15, -0.1) is 0 Å². The average molecular weight is 276 g/mol. The number of benzene rings is 1. The monoisotopic (exact) mass is 276 g/mol. The van der Waals surface area contributed by atoms with E-state index >= 15 is 0 Å². The predicted octanol–water partition coefficient (Wildman–Crippen LogP) is 2.27. The Morgan fingerprint density at radius 2 is 2.25 bits per heavy atom. The summed E-state index contributed by atoms with van der Waals surface area (Å²) in [5.74, 6) is 1.000. The van der Waals surface area contributed by atoms with E-state index in [1.165, 1.54) is 17.5 Å². The van der Waals surface area contributed by atoms with Crippen LogP contribution in [0, 0.1) is 0 Å². The van der Waals surface area contributed by atoms with E-state index < -0.39 is 0 Å². The molecule has 2 N–H and O–H groups in total. The first kappa shape index (κ1) is 14.9. The zero-order chi connectivity index (χ0) is 14.5. The molecule has 0 heterocycles. The number of hydrogen-bond donors (Lipinski definition) is 1. The molecule has 4 nitrogen and oxygen atoms in total. The molecule has 1 aromatic carbocycles. The molecule has 1 aliphatic carbocycles. The van der Waals surface area contributed by atoms with E-state index in [0.717, 1.165) is 25.0 Å². The molecular formula is C16H24N2O2. The molecule has 20 heavy (non-hydrogen) atoms. The fourth-order valence-corrected chi connectivity index (χ4v) is 2.54. The first-order valence-electron chi connectivity index (χ1n) is 7.29. The third-order valence-corrected chi connectivity index (χ3v) is 3.78. The van der Waals surface area contributed by atoms with Crippen LogP contribution in [-0.2, 0) is 11.2 Å². The van der Waals surface area contributed by atoms with E-state index in [9.17, 15) is 4.79 Å². The Morgan fingerprint density at radius 3 is 3.00 bits per heavy atom. The Balaban J connectivity index is 1.85. The summed E-state index contributed by atoms with van der Waals surface area (Å²) >= 11 is 0. The molecule has 1 atom stereocenters. The van der Waals surface area contributed by atoms with Gasteiger partial charge in [-0.25, -0.2) is 0 Å². The summed E-state index contributed by atoms with van der Waals surface area (Å²) in [6, 6.07) is 6.32. The standard InChI is InChI=1S/C16H24N2O2/c1-18(2)16(19)7-4-10-20-13-9-8-12-5-3-6-15(17)14(12)11-13/h8-9,11,15H,3-7,10,17H2,1-2H3/t15-/m0/s1. The number of hydrogen-bond acceptors (Lipinski definition) is 3. The maximum atomic E-state index is 11.4. The number of carbonyl (C=O) groups excluding carboxylic acids is 1. The lowest BCUT2D eigenvalue weighted by atomic mass is 9.88. The van der Waals surface area contributed by atoms with E-state index in [-0.39, 0.29) is 11.9 Å². The molecule has 0 unspecified atom stereocenters. The molecule has 0 saturated heterocycles. The Morgan fingerprint density at radius 1 is 1.45 bits per heavy atom. The highest BCUT2D eigenvalue weighted by molar-refractivity contribution is 5.75. The Hall–Kier alpha value is -1.55. The summed E-state index contributed by atoms with van der Waals surface area (Å²) in [6.45, 7) is 0.563. The van der Waals surface area contributed by atoms with Gasteiger partial charge >= 0.3 is 0 Å². The summed E-state index contributed by atoms with van der Waals surface area (Å²) in [4.78, 5) is 13.1. The second kappa shape index (κ2) is 6.75. The highest BCUT2D eigenvalue weighted by Gasteiger charge is 2.17. The van der Waals surface area contributed by atoms with Crippen molar-refractivity contribution in [3.8, 4) is 5.75 Å². The van der Waals surface area contributed by atoms with Gasteiger partial charge in [0.15, 0.2) is 0 Å². The molecule has 0 spiro atoms. The number of amides is 1. The lowest BCUT2D eigenvalue weighted by Gasteiger charge is -2.22. The molecule has 0 radical (unpaired) electrons. The molecule has 0 aromatic heterocycles. The summed E-state index contributed by atoms with van der Waals surface area (Å²) in [7, 11) is 3.54. The lowest BCUT2D eigenvalue weighted by Crippen LogP contribution is -2.21. The SMILES string of the molecule is CN(C)C(=O)CCCOc1ccc2c(c1)[C@@H](N)CCC2. The molecule has 1 aromatic rings. The predicted molar refractivity (Wildman–Crippen MR) is 79.7 cm³/mol. The molecule has 0 aliphatic heterocycles. The summed E-state index contributed by atoms with van der Waals surface area (Å²) in [6.07, 6.45) is 4.59. The maximum absolute atomic E-state index is 11.4. The number of aryl methyl sites for hydroxylation is 1. The van der Waals surface area contributed by atoms with Crippen molar-refractivity contribution in [2.24, 2.45) is 5.73 Å². The van der Waals surface area contributed by atoms with E-state index in [0.29, 0.717) is 13.0 Å². The van der Waals surface area contributed by atoms with Crippen molar-refractivity contribution in [3.63, 3.8) is 0 Å². The Kier molecular flexibility index (Phi) is 5.01. The van der Waals surface area contributed by atoms with E-state index in [4.69, 9.17) is 10.5 Å². The Bertz CT molecular complexity index is 472. The topological polar surface area (TPSA) is 55.6 Å². The molecule has 4 heteroatoms. The third-order valence-electron chi connectivity index (χ3n) is 3.78. The lowest BCUT2D eigenvalue weighted by molar-refractivity contribution is -0.128. The normalized spacial score (nSPS) is 17.4. The number of nitrogens with zero attached hydrogens (tertiary/aromatic N) is 1. The van der Waals surface area contributed by atoms with Gasteiger partial charge in [0.05, 0.1) is 6.61 Å². The van der Waals surface area contributed by atoms with Crippen LogP contribution in [0.2, 0.25) is 0 Å². The first-order chi connectivity index (χ1) is 9.58.